The molecule has 0 spiro atoms. The molecule has 5 rings (SSSR count). The molecule has 4 atom stereocenters. The number of carboxylic acids is 1. The number of benzene rings is 2. The fourth-order valence-corrected chi connectivity index (χ4v) is 6.67. The number of aryl methyl sites for hydroxylation is 1. The smallest absolute Gasteiger partial charge is 0.324 e. The van der Waals surface area contributed by atoms with Crippen molar-refractivity contribution in [3.8, 4) is 5.75 Å². The molecule has 3 aliphatic rings. The molecule has 38 heavy (non-hydrogen) atoms. The summed E-state index contributed by atoms with van der Waals surface area (Å²) in [6.45, 7) is 3.13. The number of aliphatic carboxylic acids is 1. The SMILES string of the molecule is CC(=O)Oc1ccc(C2NC(CC3CCCCC3)(C(=O)O)C3C(=O)N(c4ccc(C)c(Cl)c4)C(=O)C23)cc1. The van der Waals surface area contributed by atoms with Gasteiger partial charge in [0.1, 0.15) is 11.3 Å². The first-order chi connectivity index (χ1) is 18.1. The van der Waals surface area contributed by atoms with E-state index in [-0.39, 0.29) is 12.3 Å². The van der Waals surface area contributed by atoms with Crippen LogP contribution in [0.5, 0.6) is 5.75 Å². The molecule has 8 nitrogen and oxygen atoms in total. The van der Waals surface area contributed by atoms with Gasteiger partial charge in [-0.15, -0.1) is 0 Å². The third-order valence-electron chi connectivity index (χ3n) is 8.29. The summed E-state index contributed by atoms with van der Waals surface area (Å²) < 4.78 is 5.14. The second-order valence-corrected chi connectivity index (χ2v) is 11.1. The van der Waals surface area contributed by atoms with Gasteiger partial charge in [-0.3, -0.25) is 24.5 Å². The molecule has 2 N–H and O–H groups in total. The largest absolute Gasteiger partial charge is 0.480 e. The molecular weight excluding hydrogens is 508 g/mol. The Morgan fingerprint density at radius 1 is 1.08 bits per heavy atom. The van der Waals surface area contributed by atoms with Crippen LogP contribution < -0.4 is 15.0 Å². The first-order valence-corrected chi connectivity index (χ1v) is 13.4. The molecule has 2 saturated heterocycles. The summed E-state index contributed by atoms with van der Waals surface area (Å²) in [5.41, 5.74) is 0.194. The van der Waals surface area contributed by atoms with Crippen LogP contribution in [0.15, 0.2) is 42.5 Å². The molecular formula is C29H31ClN2O6. The molecule has 1 saturated carbocycles. The van der Waals surface area contributed by atoms with Gasteiger partial charge in [-0.1, -0.05) is 61.9 Å². The van der Waals surface area contributed by atoms with Crippen molar-refractivity contribution in [1.82, 2.24) is 5.32 Å². The highest BCUT2D eigenvalue weighted by Gasteiger charge is 2.68. The van der Waals surface area contributed by atoms with Crippen LogP contribution in [0.1, 0.15) is 62.6 Å². The number of ether oxygens (including phenoxy) is 1. The number of nitrogens with one attached hydrogen (secondary N) is 1. The molecule has 2 amide bonds. The molecule has 2 aliphatic heterocycles. The van der Waals surface area contributed by atoms with Crippen LogP contribution in [0.25, 0.3) is 0 Å². The zero-order chi connectivity index (χ0) is 27.2. The molecule has 2 aromatic carbocycles. The van der Waals surface area contributed by atoms with E-state index in [1.165, 1.54) is 6.92 Å². The van der Waals surface area contributed by atoms with Crippen molar-refractivity contribution >= 4 is 41.0 Å². The highest BCUT2D eigenvalue weighted by atomic mass is 35.5. The van der Waals surface area contributed by atoms with Crippen LogP contribution in [0.3, 0.4) is 0 Å². The Hall–Kier alpha value is -3.23. The average Bonchev–Trinajstić information content (AvgIpc) is 3.36. The molecule has 0 radical (unpaired) electrons. The van der Waals surface area contributed by atoms with E-state index in [2.05, 4.69) is 5.32 Å². The standard InChI is InChI=1S/C29H31ClN2O6/c1-16-8-11-20(14-22(16)30)32-26(34)23-24(27(32)35)29(28(36)37,15-18-6-4-3-5-7-18)31-25(23)19-9-12-21(13-10-19)38-17(2)33/h8-14,18,23-25,31H,3-7,15H2,1-2H3,(H,36,37). The van der Waals surface area contributed by atoms with E-state index in [9.17, 15) is 24.3 Å². The van der Waals surface area contributed by atoms with Crippen LogP contribution in [0, 0.1) is 24.7 Å². The lowest BCUT2D eigenvalue weighted by Gasteiger charge is -2.35. The number of nitrogens with zero attached hydrogens (tertiary/aromatic N) is 1. The fraction of sp³-hybridized carbons (Fsp3) is 0.448. The van der Waals surface area contributed by atoms with Gasteiger partial charge in [0.15, 0.2) is 0 Å². The van der Waals surface area contributed by atoms with Gasteiger partial charge in [0.25, 0.3) is 0 Å². The zero-order valence-electron chi connectivity index (χ0n) is 21.4. The number of hydrogen-bond donors (Lipinski definition) is 2. The number of carbonyl (C=O) groups is 4. The molecule has 3 fully saturated rings. The van der Waals surface area contributed by atoms with Gasteiger partial charge >= 0.3 is 11.9 Å². The zero-order valence-corrected chi connectivity index (χ0v) is 22.2. The fourth-order valence-electron chi connectivity index (χ4n) is 6.49. The van der Waals surface area contributed by atoms with Gasteiger partial charge in [-0.2, -0.15) is 0 Å². The van der Waals surface area contributed by atoms with Crippen LogP contribution in [0.2, 0.25) is 5.02 Å². The molecule has 4 unspecified atom stereocenters. The number of imide groups is 1. The minimum absolute atomic E-state index is 0.142. The maximum Gasteiger partial charge on any atom is 0.324 e. The Labute approximate surface area is 226 Å². The third kappa shape index (κ3) is 4.50. The first-order valence-electron chi connectivity index (χ1n) is 13.1. The van der Waals surface area contributed by atoms with Crippen molar-refractivity contribution in [2.75, 3.05) is 4.90 Å². The van der Waals surface area contributed by atoms with Gasteiger partial charge in [-0.05, 0) is 54.7 Å². The Morgan fingerprint density at radius 2 is 1.76 bits per heavy atom. The molecule has 2 aromatic rings. The molecule has 200 valence electrons. The number of carboxylic acid groups (broad SMARTS) is 1. The lowest BCUT2D eigenvalue weighted by Crippen LogP contribution is -2.57. The van der Waals surface area contributed by atoms with Crippen molar-refractivity contribution in [2.45, 2.75) is 64.0 Å². The maximum absolute atomic E-state index is 14.0. The Balaban J connectivity index is 1.58. The quantitative estimate of drug-likeness (QED) is 0.308. The normalized spacial score (nSPS) is 27.4. The van der Waals surface area contributed by atoms with Crippen molar-refractivity contribution in [3.05, 3.63) is 58.6 Å². The Kier molecular flexibility index (Phi) is 7.05. The van der Waals surface area contributed by atoms with Gasteiger partial charge < -0.3 is 9.84 Å². The Bertz CT molecular complexity index is 1290. The summed E-state index contributed by atoms with van der Waals surface area (Å²) >= 11 is 6.33. The van der Waals surface area contributed by atoms with Crippen LogP contribution >= 0.6 is 11.6 Å². The number of amides is 2. The number of hydrogen-bond acceptors (Lipinski definition) is 6. The molecule has 9 heteroatoms. The summed E-state index contributed by atoms with van der Waals surface area (Å²) in [5, 5.41) is 14.4. The highest BCUT2D eigenvalue weighted by molar-refractivity contribution is 6.32. The van der Waals surface area contributed by atoms with E-state index >= 15 is 0 Å². The maximum atomic E-state index is 14.0. The topological polar surface area (TPSA) is 113 Å². The summed E-state index contributed by atoms with van der Waals surface area (Å²) in [6.07, 6.45) is 5.23. The predicted octanol–water partition coefficient (Wildman–Crippen LogP) is 4.82. The number of halogens is 1. The van der Waals surface area contributed by atoms with E-state index < -0.39 is 47.2 Å². The minimum atomic E-state index is -1.60. The summed E-state index contributed by atoms with van der Waals surface area (Å²) in [7, 11) is 0. The van der Waals surface area contributed by atoms with E-state index in [0.717, 1.165) is 42.6 Å². The van der Waals surface area contributed by atoms with Crippen molar-refractivity contribution in [3.63, 3.8) is 0 Å². The van der Waals surface area contributed by atoms with Crippen LogP contribution in [0.4, 0.5) is 5.69 Å². The lowest BCUT2D eigenvalue weighted by molar-refractivity contribution is -0.150. The van der Waals surface area contributed by atoms with Crippen molar-refractivity contribution < 1.29 is 29.0 Å². The monoisotopic (exact) mass is 538 g/mol. The van der Waals surface area contributed by atoms with Crippen LogP contribution in [-0.2, 0) is 19.2 Å². The Morgan fingerprint density at radius 3 is 2.37 bits per heavy atom. The number of anilines is 1. The van der Waals surface area contributed by atoms with E-state index in [1.807, 2.05) is 6.92 Å². The van der Waals surface area contributed by atoms with E-state index in [4.69, 9.17) is 16.3 Å². The van der Waals surface area contributed by atoms with Crippen LogP contribution in [-0.4, -0.2) is 34.4 Å². The lowest BCUT2D eigenvalue weighted by atomic mass is 9.72. The van der Waals surface area contributed by atoms with E-state index in [0.29, 0.717) is 22.0 Å². The van der Waals surface area contributed by atoms with E-state index in [1.54, 1.807) is 42.5 Å². The van der Waals surface area contributed by atoms with Crippen molar-refractivity contribution in [2.24, 2.45) is 17.8 Å². The number of esters is 1. The van der Waals surface area contributed by atoms with Gasteiger partial charge in [0.05, 0.1) is 17.5 Å². The summed E-state index contributed by atoms with van der Waals surface area (Å²) in [4.78, 5) is 53.5. The number of carbonyl (C=O) groups excluding carboxylic acids is 3. The number of rotatable bonds is 6. The van der Waals surface area contributed by atoms with Gasteiger partial charge in [0, 0.05) is 18.0 Å². The second-order valence-electron chi connectivity index (χ2n) is 10.7. The van der Waals surface area contributed by atoms with Crippen molar-refractivity contribution in [1.29, 1.82) is 0 Å². The van der Waals surface area contributed by atoms with Gasteiger partial charge in [0.2, 0.25) is 11.8 Å². The van der Waals surface area contributed by atoms with Gasteiger partial charge in [-0.25, -0.2) is 4.90 Å². The molecule has 1 aliphatic carbocycles. The predicted molar refractivity (Wildman–Crippen MR) is 141 cm³/mol. The summed E-state index contributed by atoms with van der Waals surface area (Å²) in [6, 6.07) is 10.9. The molecule has 0 aromatic heterocycles. The second kappa shape index (κ2) is 10.2. The minimum Gasteiger partial charge on any atom is -0.480 e. The molecule has 2 heterocycles. The number of fused-ring (bicyclic) bond motifs is 1. The third-order valence-corrected chi connectivity index (χ3v) is 8.69. The first kappa shape index (κ1) is 26.4. The highest BCUT2D eigenvalue weighted by Crippen LogP contribution is 2.53. The average molecular weight is 539 g/mol. The summed E-state index contributed by atoms with van der Waals surface area (Å²) in [5.74, 6) is -4.07. The molecule has 0 bridgehead atoms.